The van der Waals surface area contributed by atoms with E-state index in [9.17, 15) is 0 Å². The summed E-state index contributed by atoms with van der Waals surface area (Å²) in [6.07, 6.45) is 1.74. The molecule has 0 saturated heterocycles. The lowest BCUT2D eigenvalue weighted by molar-refractivity contribution is -0.0429. The first-order chi connectivity index (χ1) is 8.08. The van der Waals surface area contributed by atoms with E-state index in [0.29, 0.717) is 13.5 Å². The molecule has 5 heteroatoms. The molecule has 0 radical (unpaired) electrons. The minimum absolute atomic E-state index is 0.338. The van der Waals surface area contributed by atoms with Gasteiger partial charge in [0.25, 0.3) is 0 Å². The van der Waals surface area contributed by atoms with Crippen molar-refractivity contribution in [3.8, 4) is 0 Å². The molecule has 0 fully saturated rings. The van der Waals surface area contributed by atoms with E-state index in [4.69, 9.17) is 9.47 Å². The molecule has 0 bridgehead atoms. The first-order valence-corrected chi connectivity index (χ1v) is 9.59. The fraction of sp³-hybridized carbons (Fsp3) is 0.583. The highest BCUT2D eigenvalue weighted by atomic mass is 28.3. The first-order valence-electron chi connectivity index (χ1n) is 5.88. The Bertz CT molecular complexity index is 301. The van der Waals surface area contributed by atoms with Crippen LogP contribution in [0, 0.1) is 0 Å². The van der Waals surface area contributed by atoms with Gasteiger partial charge in [-0.15, -0.1) is 0 Å². The van der Waals surface area contributed by atoms with Crippen molar-refractivity contribution < 1.29 is 9.47 Å². The average molecular weight is 254 g/mol. The molecule has 0 amide bonds. The summed E-state index contributed by atoms with van der Waals surface area (Å²) in [6, 6.07) is 6.88. The molecule has 1 aromatic rings. The Morgan fingerprint density at radius 2 is 2.06 bits per heavy atom. The maximum absolute atomic E-state index is 5.40. The van der Waals surface area contributed by atoms with Crippen LogP contribution in [0.5, 0.6) is 0 Å². The SMILES string of the molecule is C[Si](C)(C)CCOCOCNc1ccccn1. The minimum Gasteiger partial charge on any atom is -0.356 e. The maximum atomic E-state index is 5.40. The molecule has 0 aliphatic heterocycles. The standard InChI is InChI=1S/C12H22N2O2Si/c1-17(2,3)9-8-15-11-16-10-14-12-6-4-5-7-13-12/h4-7H,8-11H2,1-3H3,(H,13,14). The normalized spacial score (nSPS) is 11.5. The van der Waals surface area contributed by atoms with Crippen molar-refractivity contribution in [2.45, 2.75) is 25.7 Å². The number of rotatable bonds is 8. The average Bonchev–Trinajstić information content (AvgIpc) is 2.28. The van der Waals surface area contributed by atoms with E-state index in [1.54, 1.807) is 6.20 Å². The molecule has 0 spiro atoms. The van der Waals surface area contributed by atoms with Crippen molar-refractivity contribution in [3.05, 3.63) is 24.4 Å². The van der Waals surface area contributed by atoms with Crippen LogP contribution in [0.25, 0.3) is 0 Å². The quantitative estimate of drug-likeness (QED) is 0.440. The van der Waals surface area contributed by atoms with Gasteiger partial charge in [0, 0.05) is 20.9 Å². The highest BCUT2D eigenvalue weighted by Crippen LogP contribution is 2.07. The number of aromatic nitrogens is 1. The number of ether oxygens (including phenoxy) is 2. The van der Waals surface area contributed by atoms with Crippen LogP contribution >= 0.6 is 0 Å². The Hall–Kier alpha value is -0.913. The van der Waals surface area contributed by atoms with Gasteiger partial charge in [-0.2, -0.15) is 0 Å². The summed E-state index contributed by atoms with van der Waals surface area (Å²) >= 11 is 0. The fourth-order valence-electron chi connectivity index (χ4n) is 1.13. The van der Waals surface area contributed by atoms with Gasteiger partial charge in [0.1, 0.15) is 19.3 Å². The predicted molar refractivity (Wildman–Crippen MR) is 72.8 cm³/mol. The van der Waals surface area contributed by atoms with Crippen LogP contribution in [-0.2, 0) is 9.47 Å². The lowest BCUT2D eigenvalue weighted by atomic mass is 10.5. The van der Waals surface area contributed by atoms with Crippen LogP contribution < -0.4 is 5.32 Å². The number of nitrogens with one attached hydrogen (secondary N) is 1. The van der Waals surface area contributed by atoms with Crippen molar-refractivity contribution in [1.29, 1.82) is 0 Å². The Morgan fingerprint density at radius 1 is 1.24 bits per heavy atom. The Kier molecular flexibility index (Phi) is 6.18. The number of hydrogen-bond donors (Lipinski definition) is 1. The van der Waals surface area contributed by atoms with E-state index >= 15 is 0 Å². The van der Waals surface area contributed by atoms with Crippen molar-refractivity contribution in [1.82, 2.24) is 4.98 Å². The molecule has 0 unspecified atom stereocenters. The monoisotopic (exact) mass is 254 g/mol. The Balaban J connectivity index is 1.95. The molecular weight excluding hydrogens is 232 g/mol. The van der Waals surface area contributed by atoms with Gasteiger partial charge in [-0.05, 0) is 18.2 Å². The summed E-state index contributed by atoms with van der Waals surface area (Å²) in [5.74, 6) is 0.814. The van der Waals surface area contributed by atoms with Crippen molar-refractivity contribution in [3.63, 3.8) is 0 Å². The summed E-state index contributed by atoms with van der Waals surface area (Å²) in [4.78, 5) is 4.12. The molecule has 96 valence electrons. The molecule has 0 aliphatic carbocycles. The highest BCUT2D eigenvalue weighted by Gasteiger charge is 2.11. The predicted octanol–water partition coefficient (Wildman–Crippen LogP) is 2.78. The van der Waals surface area contributed by atoms with Crippen LogP contribution in [0.3, 0.4) is 0 Å². The Labute approximate surface area is 104 Å². The molecular formula is C12H22N2O2Si. The van der Waals surface area contributed by atoms with Gasteiger partial charge < -0.3 is 14.8 Å². The lowest BCUT2D eigenvalue weighted by Gasteiger charge is -2.15. The largest absolute Gasteiger partial charge is 0.356 e. The van der Waals surface area contributed by atoms with Crippen LogP contribution in [0.4, 0.5) is 5.82 Å². The molecule has 0 aromatic carbocycles. The van der Waals surface area contributed by atoms with Crippen LogP contribution in [0.2, 0.25) is 25.7 Å². The van der Waals surface area contributed by atoms with Gasteiger partial charge in [-0.3, -0.25) is 0 Å². The molecule has 4 nitrogen and oxygen atoms in total. The zero-order valence-electron chi connectivity index (χ0n) is 10.9. The van der Waals surface area contributed by atoms with E-state index in [-0.39, 0.29) is 0 Å². The fourth-order valence-corrected chi connectivity index (χ4v) is 1.89. The van der Waals surface area contributed by atoms with Crippen LogP contribution in [-0.4, -0.2) is 33.2 Å². The number of pyridine rings is 1. The van der Waals surface area contributed by atoms with E-state index in [2.05, 4.69) is 29.9 Å². The molecule has 0 aliphatic rings. The highest BCUT2D eigenvalue weighted by molar-refractivity contribution is 6.76. The zero-order chi connectivity index (χ0) is 12.6. The molecule has 0 saturated carbocycles. The van der Waals surface area contributed by atoms with Gasteiger partial charge in [0.2, 0.25) is 0 Å². The third kappa shape index (κ3) is 7.90. The maximum Gasteiger partial charge on any atom is 0.149 e. The summed E-state index contributed by atoms with van der Waals surface area (Å²) in [6.45, 7) is 8.55. The van der Waals surface area contributed by atoms with Gasteiger partial charge >= 0.3 is 0 Å². The van der Waals surface area contributed by atoms with Gasteiger partial charge in [0.05, 0.1) is 0 Å². The smallest absolute Gasteiger partial charge is 0.149 e. The van der Waals surface area contributed by atoms with E-state index in [1.165, 1.54) is 6.04 Å². The topological polar surface area (TPSA) is 43.4 Å². The van der Waals surface area contributed by atoms with Gasteiger partial charge in [0.15, 0.2) is 0 Å². The first kappa shape index (κ1) is 14.1. The summed E-state index contributed by atoms with van der Waals surface area (Å²) in [5.41, 5.74) is 0. The minimum atomic E-state index is -0.985. The van der Waals surface area contributed by atoms with Gasteiger partial charge in [-0.1, -0.05) is 25.7 Å². The van der Waals surface area contributed by atoms with E-state index in [0.717, 1.165) is 12.4 Å². The molecule has 1 rings (SSSR count). The second-order valence-corrected chi connectivity index (χ2v) is 10.7. The number of nitrogens with zero attached hydrogens (tertiary/aromatic N) is 1. The summed E-state index contributed by atoms with van der Waals surface area (Å²) in [7, 11) is -0.985. The molecule has 0 atom stereocenters. The molecule has 1 heterocycles. The number of hydrogen-bond acceptors (Lipinski definition) is 4. The van der Waals surface area contributed by atoms with Crippen molar-refractivity contribution in [2.75, 3.05) is 25.4 Å². The lowest BCUT2D eigenvalue weighted by Crippen LogP contribution is -2.22. The van der Waals surface area contributed by atoms with E-state index in [1.807, 2.05) is 18.2 Å². The molecule has 1 N–H and O–H groups in total. The zero-order valence-corrected chi connectivity index (χ0v) is 11.9. The third-order valence-electron chi connectivity index (χ3n) is 2.18. The van der Waals surface area contributed by atoms with Gasteiger partial charge in [-0.25, -0.2) is 4.98 Å². The Morgan fingerprint density at radius 3 is 2.71 bits per heavy atom. The molecule has 17 heavy (non-hydrogen) atoms. The summed E-state index contributed by atoms with van der Waals surface area (Å²) < 4.78 is 10.7. The molecule has 1 aromatic heterocycles. The second-order valence-electron chi connectivity index (χ2n) is 5.08. The third-order valence-corrected chi connectivity index (χ3v) is 3.89. The summed E-state index contributed by atoms with van der Waals surface area (Å²) in [5, 5.41) is 3.05. The van der Waals surface area contributed by atoms with Crippen molar-refractivity contribution >= 4 is 13.9 Å². The second kappa shape index (κ2) is 7.42. The number of anilines is 1. The van der Waals surface area contributed by atoms with Crippen molar-refractivity contribution in [2.24, 2.45) is 0 Å². The van der Waals surface area contributed by atoms with Crippen LogP contribution in [0.1, 0.15) is 0 Å². The van der Waals surface area contributed by atoms with E-state index < -0.39 is 8.07 Å². The van der Waals surface area contributed by atoms with Crippen LogP contribution in [0.15, 0.2) is 24.4 Å².